The Hall–Kier alpha value is -2.29. The number of nitrogens with zero attached hydrogens (tertiary/aromatic N) is 2. The summed E-state index contributed by atoms with van der Waals surface area (Å²) in [5.74, 6) is -0.819. The monoisotopic (exact) mass is 555 g/mol. The number of amides is 2. The van der Waals surface area contributed by atoms with Gasteiger partial charge in [-0.3, -0.25) is 13.9 Å². The molecule has 0 aliphatic heterocycles. The van der Waals surface area contributed by atoms with Crippen molar-refractivity contribution in [3.63, 3.8) is 0 Å². The number of carbonyl (C=O) groups is 2. The van der Waals surface area contributed by atoms with Crippen molar-refractivity contribution >= 4 is 50.7 Å². The quantitative estimate of drug-likeness (QED) is 0.397. The standard InChI is InChI=1S/C26H35Cl2N3O4S/c1-6-18(4)29-26(33)24(8-3)30(16-20-11-12-21(27)15-23(20)28)25(32)17-31(36(5,34)35)22-13-9-19(7-2)10-14-22/h9-15,18,24H,6-8,16-17H2,1-5H3,(H,29,33)/t18-,24-/m1/s1. The molecule has 2 aromatic rings. The zero-order valence-corrected chi connectivity index (χ0v) is 23.8. The molecular formula is C26H35Cl2N3O4S. The molecule has 0 aliphatic carbocycles. The highest BCUT2D eigenvalue weighted by Gasteiger charge is 2.32. The summed E-state index contributed by atoms with van der Waals surface area (Å²) in [7, 11) is -3.79. The molecule has 0 saturated carbocycles. The fourth-order valence-corrected chi connectivity index (χ4v) is 5.02. The highest BCUT2D eigenvalue weighted by molar-refractivity contribution is 7.92. The molecule has 0 fully saturated rings. The van der Waals surface area contributed by atoms with Gasteiger partial charge >= 0.3 is 0 Å². The summed E-state index contributed by atoms with van der Waals surface area (Å²) in [6.45, 7) is 7.22. The van der Waals surface area contributed by atoms with Crippen LogP contribution in [0.15, 0.2) is 42.5 Å². The van der Waals surface area contributed by atoms with Crippen molar-refractivity contribution in [1.82, 2.24) is 10.2 Å². The molecule has 1 N–H and O–H groups in total. The van der Waals surface area contributed by atoms with Gasteiger partial charge in [0.2, 0.25) is 21.8 Å². The van der Waals surface area contributed by atoms with E-state index in [2.05, 4.69) is 5.32 Å². The van der Waals surface area contributed by atoms with Crippen molar-refractivity contribution in [2.24, 2.45) is 0 Å². The van der Waals surface area contributed by atoms with Crippen LogP contribution in [0.5, 0.6) is 0 Å². The lowest BCUT2D eigenvalue weighted by atomic mass is 10.1. The van der Waals surface area contributed by atoms with E-state index in [9.17, 15) is 18.0 Å². The highest BCUT2D eigenvalue weighted by atomic mass is 35.5. The van der Waals surface area contributed by atoms with Gasteiger partial charge in [-0.2, -0.15) is 0 Å². The van der Waals surface area contributed by atoms with E-state index in [1.54, 1.807) is 30.3 Å². The van der Waals surface area contributed by atoms with Crippen LogP contribution in [0.3, 0.4) is 0 Å². The van der Waals surface area contributed by atoms with Crippen molar-refractivity contribution < 1.29 is 18.0 Å². The van der Waals surface area contributed by atoms with Crippen molar-refractivity contribution in [3.05, 3.63) is 63.6 Å². The second kappa shape index (κ2) is 13.3. The third-order valence-electron chi connectivity index (χ3n) is 6.05. The molecule has 2 atom stereocenters. The van der Waals surface area contributed by atoms with Crippen LogP contribution in [0.4, 0.5) is 5.69 Å². The predicted octanol–water partition coefficient (Wildman–Crippen LogP) is 5.04. The third kappa shape index (κ3) is 8.11. The van der Waals surface area contributed by atoms with Gasteiger partial charge in [0.05, 0.1) is 11.9 Å². The highest BCUT2D eigenvalue weighted by Crippen LogP contribution is 2.25. The summed E-state index contributed by atoms with van der Waals surface area (Å²) in [5, 5.41) is 3.74. The van der Waals surface area contributed by atoms with Crippen LogP contribution in [-0.4, -0.2) is 50.0 Å². The minimum Gasteiger partial charge on any atom is -0.352 e. The predicted molar refractivity (Wildman–Crippen MR) is 147 cm³/mol. The Morgan fingerprint density at radius 1 is 1.00 bits per heavy atom. The van der Waals surface area contributed by atoms with E-state index in [0.717, 1.165) is 29.0 Å². The van der Waals surface area contributed by atoms with Crippen molar-refractivity contribution in [1.29, 1.82) is 0 Å². The molecule has 0 radical (unpaired) electrons. The van der Waals surface area contributed by atoms with Gasteiger partial charge in [0.1, 0.15) is 12.6 Å². The van der Waals surface area contributed by atoms with E-state index >= 15 is 0 Å². The Morgan fingerprint density at radius 2 is 1.64 bits per heavy atom. The Balaban J connectivity index is 2.46. The van der Waals surface area contributed by atoms with Crippen molar-refractivity contribution in [3.8, 4) is 0 Å². The maximum atomic E-state index is 13.7. The lowest BCUT2D eigenvalue weighted by molar-refractivity contribution is -0.140. The van der Waals surface area contributed by atoms with Crippen molar-refractivity contribution in [2.45, 2.75) is 65.6 Å². The minimum absolute atomic E-state index is 0.0215. The summed E-state index contributed by atoms with van der Waals surface area (Å²) in [6.07, 6.45) is 2.93. The molecule has 2 amide bonds. The van der Waals surface area contributed by atoms with Crippen LogP contribution < -0.4 is 9.62 Å². The second-order valence-corrected chi connectivity index (χ2v) is 11.5. The summed E-state index contributed by atoms with van der Waals surface area (Å²) >= 11 is 12.4. The fraction of sp³-hybridized carbons (Fsp3) is 0.462. The van der Waals surface area contributed by atoms with E-state index < -0.39 is 28.5 Å². The van der Waals surface area contributed by atoms with Gasteiger partial charge in [0.25, 0.3) is 0 Å². The molecule has 2 aromatic carbocycles. The number of hydrogen-bond donors (Lipinski definition) is 1. The maximum Gasteiger partial charge on any atom is 0.244 e. The average Bonchev–Trinajstić information content (AvgIpc) is 2.82. The number of benzene rings is 2. The van der Waals surface area contributed by atoms with Gasteiger partial charge in [0, 0.05) is 22.6 Å². The molecule has 7 nitrogen and oxygen atoms in total. The molecule has 0 unspecified atom stereocenters. The molecule has 198 valence electrons. The molecule has 0 bridgehead atoms. The maximum absolute atomic E-state index is 13.7. The zero-order chi connectivity index (χ0) is 27.0. The van der Waals surface area contributed by atoms with E-state index in [-0.39, 0.29) is 18.5 Å². The fourth-order valence-electron chi connectivity index (χ4n) is 3.71. The van der Waals surface area contributed by atoms with E-state index in [1.165, 1.54) is 4.90 Å². The first-order valence-corrected chi connectivity index (χ1v) is 14.6. The van der Waals surface area contributed by atoms with Crippen molar-refractivity contribution in [2.75, 3.05) is 17.1 Å². The lowest BCUT2D eigenvalue weighted by Crippen LogP contribution is -2.53. The number of hydrogen-bond acceptors (Lipinski definition) is 4. The smallest absolute Gasteiger partial charge is 0.244 e. The first-order chi connectivity index (χ1) is 16.9. The van der Waals surface area contributed by atoms with Crippen LogP contribution >= 0.6 is 23.2 Å². The second-order valence-electron chi connectivity index (χ2n) is 8.79. The SMILES string of the molecule is CCc1ccc(N(CC(=O)N(Cc2ccc(Cl)cc2Cl)[C@H](CC)C(=O)N[C@H](C)CC)S(C)(=O)=O)cc1. The van der Waals surface area contributed by atoms with Gasteiger partial charge in [-0.1, -0.05) is 62.2 Å². The Bertz CT molecular complexity index is 1160. The average molecular weight is 557 g/mol. The van der Waals surface area contributed by atoms with E-state index in [0.29, 0.717) is 27.7 Å². The number of halogens is 2. The molecule has 0 heterocycles. The van der Waals surface area contributed by atoms with Crippen LogP contribution in [0.2, 0.25) is 10.0 Å². The number of sulfonamides is 1. The third-order valence-corrected chi connectivity index (χ3v) is 7.78. The largest absolute Gasteiger partial charge is 0.352 e. The van der Waals surface area contributed by atoms with Crippen LogP contribution in [0.1, 0.15) is 51.7 Å². The Kier molecular flexibility index (Phi) is 11.1. The normalized spacial score (nSPS) is 13.1. The topological polar surface area (TPSA) is 86.8 Å². The number of aryl methyl sites for hydroxylation is 1. The van der Waals surface area contributed by atoms with Crippen LogP contribution in [0.25, 0.3) is 0 Å². The molecule has 0 aromatic heterocycles. The van der Waals surface area contributed by atoms with E-state index in [1.807, 2.05) is 39.8 Å². The summed E-state index contributed by atoms with van der Waals surface area (Å²) < 4.78 is 26.4. The Labute approximate surface area is 224 Å². The number of rotatable bonds is 12. The van der Waals surface area contributed by atoms with Gasteiger partial charge in [-0.05, 0) is 61.6 Å². The molecule has 0 aliphatic rings. The van der Waals surface area contributed by atoms with Gasteiger partial charge in [-0.25, -0.2) is 8.42 Å². The summed E-state index contributed by atoms with van der Waals surface area (Å²) in [6, 6.07) is 11.1. The molecule has 0 saturated heterocycles. The first-order valence-electron chi connectivity index (χ1n) is 12.0. The van der Waals surface area contributed by atoms with Crippen LogP contribution in [-0.2, 0) is 32.6 Å². The minimum atomic E-state index is -3.79. The van der Waals surface area contributed by atoms with E-state index in [4.69, 9.17) is 23.2 Å². The Morgan fingerprint density at radius 3 is 2.14 bits per heavy atom. The van der Waals surface area contributed by atoms with Gasteiger partial charge < -0.3 is 10.2 Å². The molecule has 10 heteroatoms. The van der Waals surface area contributed by atoms with Gasteiger partial charge in [0.15, 0.2) is 0 Å². The van der Waals surface area contributed by atoms with Crippen LogP contribution in [0, 0.1) is 0 Å². The summed E-state index contributed by atoms with van der Waals surface area (Å²) in [4.78, 5) is 28.3. The molecule has 0 spiro atoms. The van der Waals surface area contributed by atoms with Gasteiger partial charge in [-0.15, -0.1) is 0 Å². The number of anilines is 1. The number of carbonyl (C=O) groups excluding carboxylic acids is 2. The number of nitrogens with one attached hydrogen (secondary N) is 1. The first kappa shape index (κ1) is 29.9. The summed E-state index contributed by atoms with van der Waals surface area (Å²) in [5.41, 5.74) is 2.03. The molecule has 36 heavy (non-hydrogen) atoms. The lowest BCUT2D eigenvalue weighted by Gasteiger charge is -2.33. The zero-order valence-electron chi connectivity index (χ0n) is 21.4. The molecular weight excluding hydrogens is 521 g/mol. The molecule has 2 rings (SSSR count).